The summed E-state index contributed by atoms with van der Waals surface area (Å²) in [4.78, 5) is 0. The maximum absolute atomic E-state index is 5.50. The summed E-state index contributed by atoms with van der Waals surface area (Å²) in [5, 5.41) is 8.51. The standard InChI is InChI=1S/C12H15N3O/c1-9-4-5-15-11(7-9)13-14-12(15)10-3-2-6-16-8-10/h4-5,7,10H,2-3,6,8H2,1H3. The minimum absolute atomic E-state index is 0.395. The van der Waals surface area contributed by atoms with Crippen molar-refractivity contribution in [2.45, 2.75) is 25.7 Å². The Morgan fingerprint density at radius 2 is 2.38 bits per heavy atom. The fourth-order valence-electron chi connectivity index (χ4n) is 2.23. The summed E-state index contributed by atoms with van der Waals surface area (Å²) in [6, 6.07) is 4.14. The lowest BCUT2D eigenvalue weighted by Crippen LogP contribution is -2.17. The first-order valence-corrected chi connectivity index (χ1v) is 5.73. The van der Waals surface area contributed by atoms with E-state index in [0.717, 1.165) is 37.5 Å². The van der Waals surface area contributed by atoms with Crippen molar-refractivity contribution in [3.05, 3.63) is 29.7 Å². The minimum atomic E-state index is 0.395. The van der Waals surface area contributed by atoms with Crippen LogP contribution in [0.25, 0.3) is 5.65 Å². The van der Waals surface area contributed by atoms with Gasteiger partial charge in [0.2, 0.25) is 0 Å². The second kappa shape index (κ2) is 3.87. The van der Waals surface area contributed by atoms with Crippen LogP contribution in [0.1, 0.15) is 30.1 Å². The van der Waals surface area contributed by atoms with Gasteiger partial charge in [0, 0.05) is 18.7 Å². The smallest absolute Gasteiger partial charge is 0.161 e. The van der Waals surface area contributed by atoms with Gasteiger partial charge in [0.15, 0.2) is 5.65 Å². The lowest BCUT2D eigenvalue weighted by atomic mass is 10.0. The van der Waals surface area contributed by atoms with Crippen molar-refractivity contribution in [2.75, 3.05) is 13.2 Å². The molecule has 0 spiro atoms. The predicted octanol–water partition coefficient (Wildman–Crippen LogP) is 1.93. The number of aromatic nitrogens is 3. The number of nitrogens with zero attached hydrogens (tertiary/aromatic N) is 3. The van der Waals surface area contributed by atoms with Crippen molar-refractivity contribution < 1.29 is 4.74 Å². The Morgan fingerprint density at radius 3 is 3.19 bits per heavy atom. The molecular weight excluding hydrogens is 202 g/mol. The molecule has 4 nitrogen and oxygen atoms in total. The van der Waals surface area contributed by atoms with E-state index in [2.05, 4.69) is 39.9 Å². The molecule has 1 fully saturated rings. The van der Waals surface area contributed by atoms with Gasteiger partial charge in [-0.2, -0.15) is 0 Å². The van der Waals surface area contributed by atoms with Crippen LogP contribution in [0.15, 0.2) is 18.3 Å². The van der Waals surface area contributed by atoms with Gasteiger partial charge in [-0.1, -0.05) is 0 Å². The number of rotatable bonds is 1. The Balaban J connectivity index is 2.03. The molecule has 0 amide bonds. The van der Waals surface area contributed by atoms with Gasteiger partial charge < -0.3 is 4.74 Å². The average molecular weight is 217 g/mol. The molecule has 1 saturated heterocycles. The number of pyridine rings is 1. The van der Waals surface area contributed by atoms with Crippen molar-refractivity contribution >= 4 is 5.65 Å². The van der Waals surface area contributed by atoms with E-state index < -0.39 is 0 Å². The molecule has 2 aromatic heterocycles. The van der Waals surface area contributed by atoms with Gasteiger partial charge in [0.1, 0.15) is 5.82 Å². The molecular formula is C12H15N3O. The second-order valence-electron chi connectivity index (χ2n) is 4.40. The SMILES string of the molecule is Cc1ccn2c(C3CCCOC3)nnc2c1. The Bertz CT molecular complexity index is 500. The quantitative estimate of drug-likeness (QED) is 0.732. The molecule has 0 N–H and O–H groups in total. The van der Waals surface area contributed by atoms with Crippen LogP contribution < -0.4 is 0 Å². The largest absolute Gasteiger partial charge is 0.381 e. The van der Waals surface area contributed by atoms with Crippen molar-refractivity contribution in [1.29, 1.82) is 0 Å². The van der Waals surface area contributed by atoms with Gasteiger partial charge >= 0.3 is 0 Å². The van der Waals surface area contributed by atoms with Crippen LogP contribution in [-0.2, 0) is 4.74 Å². The molecule has 1 unspecified atom stereocenters. The first-order chi connectivity index (χ1) is 7.84. The van der Waals surface area contributed by atoms with Crippen LogP contribution in [0.4, 0.5) is 0 Å². The summed E-state index contributed by atoms with van der Waals surface area (Å²) in [5.74, 6) is 1.43. The van der Waals surface area contributed by atoms with E-state index in [1.807, 2.05) is 0 Å². The van der Waals surface area contributed by atoms with Gasteiger partial charge in [0.05, 0.1) is 6.61 Å². The third kappa shape index (κ3) is 1.59. The number of ether oxygens (including phenoxy) is 1. The Kier molecular flexibility index (Phi) is 2.36. The first-order valence-electron chi connectivity index (χ1n) is 5.73. The molecule has 4 heteroatoms. The number of aryl methyl sites for hydroxylation is 1. The minimum Gasteiger partial charge on any atom is -0.381 e. The van der Waals surface area contributed by atoms with E-state index in [1.54, 1.807) is 0 Å². The van der Waals surface area contributed by atoms with Crippen molar-refractivity contribution in [2.24, 2.45) is 0 Å². The molecule has 3 rings (SSSR count). The van der Waals surface area contributed by atoms with E-state index in [1.165, 1.54) is 5.56 Å². The fourth-order valence-corrected chi connectivity index (χ4v) is 2.23. The van der Waals surface area contributed by atoms with Gasteiger partial charge in [-0.05, 0) is 37.5 Å². The molecule has 3 heterocycles. The van der Waals surface area contributed by atoms with Crippen molar-refractivity contribution in [3.63, 3.8) is 0 Å². The highest BCUT2D eigenvalue weighted by atomic mass is 16.5. The number of hydrogen-bond donors (Lipinski definition) is 0. The molecule has 0 saturated carbocycles. The van der Waals surface area contributed by atoms with E-state index in [4.69, 9.17) is 4.74 Å². The van der Waals surface area contributed by atoms with Crippen LogP contribution in [0, 0.1) is 6.92 Å². The summed E-state index contributed by atoms with van der Waals surface area (Å²) >= 11 is 0. The van der Waals surface area contributed by atoms with Gasteiger partial charge in [-0.25, -0.2) is 0 Å². The molecule has 0 aromatic carbocycles. The maximum Gasteiger partial charge on any atom is 0.161 e. The highest BCUT2D eigenvalue weighted by Crippen LogP contribution is 2.24. The lowest BCUT2D eigenvalue weighted by Gasteiger charge is -2.20. The molecule has 2 aromatic rings. The summed E-state index contributed by atoms with van der Waals surface area (Å²) < 4.78 is 7.57. The summed E-state index contributed by atoms with van der Waals surface area (Å²) in [6.07, 6.45) is 4.31. The molecule has 84 valence electrons. The Hall–Kier alpha value is -1.42. The van der Waals surface area contributed by atoms with E-state index >= 15 is 0 Å². The number of fused-ring (bicyclic) bond motifs is 1. The topological polar surface area (TPSA) is 39.4 Å². The third-order valence-corrected chi connectivity index (χ3v) is 3.12. The molecule has 0 bridgehead atoms. The zero-order chi connectivity index (χ0) is 11.0. The fraction of sp³-hybridized carbons (Fsp3) is 0.500. The molecule has 16 heavy (non-hydrogen) atoms. The van der Waals surface area contributed by atoms with E-state index in [-0.39, 0.29) is 0 Å². The van der Waals surface area contributed by atoms with Crippen molar-refractivity contribution in [3.8, 4) is 0 Å². The molecule has 1 atom stereocenters. The number of hydrogen-bond acceptors (Lipinski definition) is 3. The molecule has 0 aliphatic carbocycles. The van der Waals surface area contributed by atoms with E-state index in [9.17, 15) is 0 Å². The maximum atomic E-state index is 5.50. The molecule has 1 aliphatic rings. The Morgan fingerprint density at radius 1 is 1.44 bits per heavy atom. The normalized spacial score (nSPS) is 21.4. The Labute approximate surface area is 94.3 Å². The average Bonchev–Trinajstić information content (AvgIpc) is 2.73. The monoisotopic (exact) mass is 217 g/mol. The highest BCUT2D eigenvalue weighted by molar-refractivity contribution is 5.41. The summed E-state index contributed by atoms with van der Waals surface area (Å²) in [6.45, 7) is 3.72. The second-order valence-corrected chi connectivity index (χ2v) is 4.40. The zero-order valence-corrected chi connectivity index (χ0v) is 9.39. The van der Waals surface area contributed by atoms with Crippen molar-refractivity contribution in [1.82, 2.24) is 14.6 Å². The first kappa shape index (κ1) is 9.78. The zero-order valence-electron chi connectivity index (χ0n) is 9.39. The third-order valence-electron chi connectivity index (χ3n) is 3.12. The van der Waals surface area contributed by atoms with Gasteiger partial charge in [-0.3, -0.25) is 4.40 Å². The summed E-state index contributed by atoms with van der Waals surface area (Å²) in [7, 11) is 0. The predicted molar refractivity (Wildman–Crippen MR) is 60.5 cm³/mol. The van der Waals surface area contributed by atoms with E-state index in [0.29, 0.717) is 5.92 Å². The van der Waals surface area contributed by atoms with Crippen LogP contribution in [-0.4, -0.2) is 27.8 Å². The van der Waals surface area contributed by atoms with Crippen LogP contribution in [0.3, 0.4) is 0 Å². The van der Waals surface area contributed by atoms with Gasteiger partial charge in [0.25, 0.3) is 0 Å². The molecule has 1 aliphatic heterocycles. The van der Waals surface area contributed by atoms with Crippen LogP contribution in [0.2, 0.25) is 0 Å². The lowest BCUT2D eigenvalue weighted by molar-refractivity contribution is 0.0778. The van der Waals surface area contributed by atoms with Crippen LogP contribution >= 0.6 is 0 Å². The highest BCUT2D eigenvalue weighted by Gasteiger charge is 2.21. The van der Waals surface area contributed by atoms with Crippen LogP contribution in [0.5, 0.6) is 0 Å². The molecule has 0 radical (unpaired) electrons. The van der Waals surface area contributed by atoms with Gasteiger partial charge in [-0.15, -0.1) is 10.2 Å². The summed E-state index contributed by atoms with van der Waals surface area (Å²) in [5.41, 5.74) is 2.15.